The summed E-state index contributed by atoms with van der Waals surface area (Å²) in [6.45, 7) is 6.15. The van der Waals surface area contributed by atoms with Crippen molar-refractivity contribution in [1.82, 2.24) is 9.97 Å². The van der Waals surface area contributed by atoms with E-state index in [0.717, 1.165) is 25.9 Å². The predicted molar refractivity (Wildman–Crippen MR) is 65.3 cm³/mol. The average Bonchev–Trinajstić information content (AvgIpc) is 2.34. The fraction of sp³-hybridized carbons (Fsp3) is 0.667. The summed E-state index contributed by atoms with van der Waals surface area (Å²) in [4.78, 5) is 9.88. The number of nitrogens with zero attached hydrogens (tertiary/aromatic N) is 3. The van der Waals surface area contributed by atoms with Gasteiger partial charge in [0.25, 0.3) is 0 Å². The van der Waals surface area contributed by atoms with Gasteiger partial charge >= 0.3 is 0 Å². The van der Waals surface area contributed by atoms with E-state index in [2.05, 4.69) is 16.9 Å². The first-order valence-corrected chi connectivity index (χ1v) is 5.98. The smallest absolute Gasteiger partial charge is 0.186 e. The fourth-order valence-corrected chi connectivity index (χ4v) is 2.13. The number of halogens is 1. The molecule has 0 aromatic carbocycles. The molecule has 0 bridgehead atoms. The number of nitrogens with two attached hydrogens (primary N) is 1. The Labute approximate surface area is 101 Å². The van der Waals surface area contributed by atoms with Crippen molar-refractivity contribution >= 4 is 5.82 Å². The maximum atomic E-state index is 13.9. The average molecular weight is 238 g/mol. The molecule has 1 aromatic rings. The van der Waals surface area contributed by atoms with Crippen LogP contribution in [-0.2, 0) is 0 Å². The van der Waals surface area contributed by atoms with E-state index in [4.69, 9.17) is 5.73 Å². The number of anilines is 1. The molecule has 1 aromatic heterocycles. The van der Waals surface area contributed by atoms with Crippen LogP contribution in [0.1, 0.15) is 25.5 Å². The summed E-state index contributed by atoms with van der Waals surface area (Å²) in [5, 5.41) is 0. The Bertz CT molecular complexity index is 399. The lowest BCUT2D eigenvalue weighted by atomic mass is 9.80. The molecule has 1 fully saturated rings. The molecule has 2 heterocycles. The molecule has 94 valence electrons. The van der Waals surface area contributed by atoms with Gasteiger partial charge < -0.3 is 10.6 Å². The van der Waals surface area contributed by atoms with Gasteiger partial charge in [0.2, 0.25) is 0 Å². The predicted octanol–water partition coefficient (Wildman–Crippen LogP) is 1.49. The van der Waals surface area contributed by atoms with Gasteiger partial charge in [0, 0.05) is 13.1 Å². The molecule has 0 aliphatic carbocycles. The topological polar surface area (TPSA) is 55.0 Å². The van der Waals surface area contributed by atoms with Gasteiger partial charge in [-0.1, -0.05) is 6.92 Å². The summed E-state index contributed by atoms with van der Waals surface area (Å²) < 4.78 is 13.9. The van der Waals surface area contributed by atoms with Gasteiger partial charge in [-0.2, -0.15) is 0 Å². The van der Waals surface area contributed by atoms with Crippen LogP contribution in [0.5, 0.6) is 0 Å². The zero-order valence-corrected chi connectivity index (χ0v) is 10.4. The number of hydrogen-bond donors (Lipinski definition) is 1. The van der Waals surface area contributed by atoms with E-state index in [0.29, 0.717) is 18.1 Å². The third-order valence-corrected chi connectivity index (χ3v) is 3.71. The molecular weight excluding hydrogens is 219 g/mol. The molecule has 1 saturated heterocycles. The van der Waals surface area contributed by atoms with Crippen LogP contribution >= 0.6 is 0 Å². The van der Waals surface area contributed by atoms with Gasteiger partial charge in [-0.15, -0.1) is 0 Å². The van der Waals surface area contributed by atoms with E-state index in [1.165, 1.54) is 6.33 Å². The number of rotatable bonds is 2. The van der Waals surface area contributed by atoms with E-state index in [1.807, 2.05) is 4.90 Å². The lowest BCUT2D eigenvalue weighted by molar-refractivity contribution is 0.257. The highest BCUT2D eigenvalue weighted by Gasteiger charge is 2.30. The van der Waals surface area contributed by atoms with Crippen molar-refractivity contribution in [2.45, 2.75) is 26.7 Å². The minimum absolute atomic E-state index is 0.190. The summed E-state index contributed by atoms with van der Waals surface area (Å²) in [6, 6.07) is 0. The van der Waals surface area contributed by atoms with E-state index < -0.39 is 0 Å². The Morgan fingerprint density at radius 1 is 1.41 bits per heavy atom. The molecular formula is C12H19FN4. The van der Waals surface area contributed by atoms with Gasteiger partial charge in [0.05, 0.1) is 5.69 Å². The first kappa shape index (κ1) is 12.2. The molecule has 0 atom stereocenters. The van der Waals surface area contributed by atoms with Crippen LogP contribution in [0, 0.1) is 18.2 Å². The van der Waals surface area contributed by atoms with Gasteiger partial charge in [-0.3, -0.25) is 0 Å². The lowest BCUT2D eigenvalue weighted by Gasteiger charge is -2.39. The quantitative estimate of drug-likeness (QED) is 0.848. The van der Waals surface area contributed by atoms with Gasteiger partial charge in [-0.05, 0) is 31.7 Å². The maximum absolute atomic E-state index is 13.9. The molecule has 2 rings (SSSR count). The van der Waals surface area contributed by atoms with Crippen LogP contribution < -0.4 is 10.6 Å². The van der Waals surface area contributed by atoms with Crippen molar-refractivity contribution < 1.29 is 4.39 Å². The van der Waals surface area contributed by atoms with E-state index in [-0.39, 0.29) is 11.2 Å². The summed E-state index contributed by atoms with van der Waals surface area (Å²) in [5.41, 5.74) is 6.35. The number of hydrogen-bond acceptors (Lipinski definition) is 4. The third-order valence-electron chi connectivity index (χ3n) is 3.71. The largest absolute Gasteiger partial charge is 0.354 e. The monoisotopic (exact) mass is 238 g/mol. The van der Waals surface area contributed by atoms with Crippen molar-refractivity contribution in [3.05, 3.63) is 17.8 Å². The zero-order valence-electron chi connectivity index (χ0n) is 10.4. The molecule has 1 aliphatic heterocycles. The fourth-order valence-electron chi connectivity index (χ4n) is 2.13. The van der Waals surface area contributed by atoms with E-state index in [1.54, 1.807) is 6.92 Å². The molecule has 5 heteroatoms. The standard InChI is InChI=1S/C12H19FN4/c1-9-10(13)11(16-8-15-9)17-5-3-12(2,7-14)4-6-17/h8H,3-7,14H2,1-2H3. The molecule has 0 spiro atoms. The van der Waals surface area contributed by atoms with Crippen molar-refractivity contribution in [2.75, 3.05) is 24.5 Å². The molecule has 0 amide bonds. The van der Waals surface area contributed by atoms with E-state index in [9.17, 15) is 4.39 Å². The molecule has 0 radical (unpaired) electrons. The molecule has 0 saturated carbocycles. The normalized spacial score (nSPS) is 19.4. The number of piperidine rings is 1. The van der Waals surface area contributed by atoms with Crippen LogP contribution in [0.4, 0.5) is 10.2 Å². The SMILES string of the molecule is Cc1ncnc(N2CCC(C)(CN)CC2)c1F. The van der Waals surface area contributed by atoms with Crippen LogP contribution in [-0.4, -0.2) is 29.6 Å². The minimum atomic E-state index is -0.302. The van der Waals surface area contributed by atoms with Gasteiger partial charge in [0.1, 0.15) is 6.33 Å². The van der Waals surface area contributed by atoms with Crippen molar-refractivity contribution in [2.24, 2.45) is 11.1 Å². The van der Waals surface area contributed by atoms with Crippen LogP contribution in [0.3, 0.4) is 0 Å². The molecule has 4 nitrogen and oxygen atoms in total. The number of aromatic nitrogens is 2. The summed E-state index contributed by atoms with van der Waals surface area (Å²) in [6.07, 6.45) is 3.38. The second-order valence-corrected chi connectivity index (χ2v) is 5.10. The number of aryl methyl sites for hydroxylation is 1. The maximum Gasteiger partial charge on any atom is 0.186 e. The second-order valence-electron chi connectivity index (χ2n) is 5.10. The van der Waals surface area contributed by atoms with Gasteiger partial charge in [-0.25, -0.2) is 14.4 Å². The first-order chi connectivity index (χ1) is 8.06. The highest BCUT2D eigenvalue weighted by molar-refractivity contribution is 5.41. The molecule has 1 aliphatic rings. The summed E-state index contributed by atoms with van der Waals surface area (Å²) in [7, 11) is 0. The van der Waals surface area contributed by atoms with E-state index >= 15 is 0 Å². The molecule has 17 heavy (non-hydrogen) atoms. The van der Waals surface area contributed by atoms with Crippen LogP contribution in [0.25, 0.3) is 0 Å². The Kier molecular flexibility index (Phi) is 3.28. The van der Waals surface area contributed by atoms with Crippen molar-refractivity contribution in [3.63, 3.8) is 0 Å². The Morgan fingerprint density at radius 2 is 2.06 bits per heavy atom. The van der Waals surface area contributed by atoms with Crippen LogP contribution in [0.15, 0.2) is 6.33 Å². The Balaban J connectivity index is 2.13. The Hall–Kier alpha value is -1.23. The van der Waals surface area contributed by atoms with Gasteiger partial charge in [0.15, 0.2) is 11.6 Å². The second kappa shape index (κ2) is 4.56. The lowest BCUT2D eigenvalue weighted by Crippen LogP contribution is -2.43. The van der Waals surface area contributed by atoms with Crippen molar-refractivity contribution in [1.29, 1.82) is 0 Å². The highest BCUT2D eigenvalue weighted by Crippen LogP contribution is 2.32. The molecule has 2 N–H and O–H groups in total. The minimum Gasteiger partial charge on any atom is -0.354 e. The van der Waals surface area contributed by atoms with Crippen molar-refractivity contribution in [3.8, 4) is 0 Å². The summed E-state index contributed by atoms with van der Waals surface area (Å²) >= 11 is 0. The Morgan fingerprint density at radius 3 is 2.65 bits per heavy atom. The molecule has 0 unspecified atom stereocenters. The third kappa shape index (κ3) is 2.39. The first-order valence-electron chi connectivity index (χ1n) is 5.98. The summed E-state index contributed by atoms with van der Waals surface area (Å²) in [5.74, 6) is 0.125. The van der Waals surface area contributed by atoms with Crippen LogP contribution in [0.2, 0.25) is 0 Å². The highest BCUT2D eigenvalue weighted by atomic mass is 19.1. The zero-order chi connectivity index (χ0) is 12.5.